The molecule has 2 heterocycles. The molecule has 82 valence electrons. The fraction of sp³-hybridized carbons (Fsp3) is 1.00. The Labute approximate surface area is 84.9 Å². The molecule has 0 aliphatic carbocycles. The van der Waals surface area contributed by atoms with Crippen LogP contribution in [-0.2, 0) is 14.2 Å². The molecule has 0 aromatic rings. The minimum absolute atomic E-state index is 0.327. The van der Waals surface area contributed by atoms with Gasteiger partial charge in [0.15, 0.2) is 0 Å². The molecule has 1 N–H and O–H groups in total. The summed E-state index contributed by atoms with van der Waals surface area (Å²) in [6, 6.07) is 0.429. The van der Waals surface area contributed by atoms with Gasteiger partial charge in [0.1, 0.15) is 6.10 Å². The number of hydrogen-bond donors (Lipinski definition) is 1. The molecule has 4 nitrogen and oxygen atoms in total. The highest BCUT2D eigenvalue weighted by atomic mass is 16.6. The Morgan fingerprint density at radius 2 is 2.21 bits per heavy atom. The van der Waals surface area contributed by atoms with Crippen LogP contribution in [0.5, 0.6) is 0 Å². The Bertz CT molecular complexity index is 167. The lowest BCUT2D eigenvalue weighted by atomic mass is 10.00. The summed E-state index contributed by atoms with van der Waals surface area (Å²) >= 11 is 0. The summed E-state index contributed by atoms with van der Waals surface area (Å²) in [5.41, 5.74) is 0. The second-order valence-corrected chi connectivity index (χ2v) is 4.01. The molecular formula is C10H19NO3. The zero-order chi connectivity index (χ0) is 9.80. The highest BCUT2D eigenvalue weighted by Crippen LogP contribution is 2.17. The second-order valence-electron chi connectivity index (χ2n) is 4.01. The molecule has 4 heteroatoms. The largest absolute Gasteiger partial charge is 0.381 e. The van der Waals surface area contributed by atoms with E-state index in [2.05, 4.69) is 5.32 Å². The van der Waals surface area contributed by atoms with Gasteiger partial charge in [-0.25, -0.2) is 0 Å². The Morgan fingerprint density at radius 3 is 2.71 bits per heavy atom. The number of likely N-dealkylation sites (N-methyl/N-ethyl adjacent to an activating group) is 1. The Kier molecular flexibility index (Phi) is 3.75. The van der Waals surface area contributed by atoms with Gasteiger partial charge in [-0.3, -0.25) is 0 Å². The molecule has 2 aliphatic rings. The summed E-state index contributed by atoms with van der Waals surface area (Å²) in [5.74, 6) is 0.612. The Morgan fingerprint density at radius 1 is 1.36 bits per heavy atom. The van der Waals surface area contributed by atoms with E-state index in [1.807, 2.05) is 7.05 Å². The number of ether oxygens (including phenoxy) is 3. The van der Waals surface area contributed by atoms with E-state index in [4.69, 9.17) is 14.2 Å². The maximum atomic E-state index is 5.70. The van der Waals surface area contributed by atoms with Crippen LogP contribution in [0.2, 0.25) is 0 Å². The van der Waals surface area contributed by atoms with Crippen LogP contribution in [0.15, 0.2) is 0 Å². The van der Waals surface area contributed by atoms with Crippen LogP contribution in [-0.4, -0.2) is 52.2 Å². The smallest absolute Gasteiger partial charge is 0.104 e. The third-order valence-electron chi connectivity index (χ3n) is 3.02. The number of hydrogen-bond acceptors (Lipinski definition) is 4. The summed E-state index contributed by atoms with van der Waals surface area (Å²) in [4.78, 5) is 0. The predicted octanol–water partition coefficient (Wildman–Crippen LogP) is 0.0263. The second kappa shape index (κ2) is 5.07. The number of nitrogens with one attached hydrogen (secondary N) is 1. The third-order valence-corrected chi connectivity index (χ3v) is 3.02. The van der Waals surface area contributed by atoms with Gasteiger partial charge in [-0.05, 0) is 13.5 Å². The normalized spacial score (nSPS) is 30.2. The van der Waals surface area contributed by atoms with Crippen LogP contribution in [0.4, 0.5) is 0 Å². The first kappa shape index (κ1) is 10.4. The molecule has 0 saturated carbocycles. The van der Waals surface area contributed by atoms with Crippen molar-refractivity contribution in [3.05, 3.63) is 0 Å². The van der Waals surface area contributed by atoms with Gasteiger partial charge in [-0.15, -0.1) is 0 Å². The average Bonchev–Trinajstić information content (AvgIpc) is 2.62. The monoisotopic (exact) mass is 201 g/mol. The maximum absolute atomic E-state index is 5.70. The van der Waals surface area contributed by atoms with Gasteiger partial charge in [0.25, 0.3) is 0 Å². The van der Waals surface area contributed by atoms with Crippen LogP contribution < -0.4 is 5.32 Å². The molecule has 14 heavy (non-hydrogen) atoms. The van der Waals surface area contributed by atoms with Crippen molar-refractivity contribution in [2.45, 2.75) is 18.6 Å². The van der Waals surface area contributed by atoms with Crippen LogP contribution >= 0.6 is 0 Å². The molecular weight excluding hydrogens is 182 g/mol. The summed E-state index contributed by atoms with van der Waals surface area (Å²) < 4.78 is 16.1. The van der Waals surface area contributed by atoms with Gasteiger partial charge in [-0.1, -0.05) is 0 Å². The SMILES string of the molecule is CNC(COC1COC1)C1CCOC1. The van der Waals surface area contributed by atoms with Crippen molar-refractivity contribution in [3.63, 3.8) is 0 Å². The van der Waals surface area contributed by atoms with E-state index in [-0.39, 0.29) is 0 Å². The summed E-state index contributed by atoms with van der Waals surface area (Å²) in [7, 11) is 1.99. The zero-order valence-corrected chi connectivity index (χ0v) is 8.70. The van der Waals surface area contributed by atoms with Gasteiger partial charge in [0, 0.05) is 18.6 Å². The third kappa shape index (κ3) is 2.45. The molecule has 0 aromatic heterocycles. The first-order valence-corrected chi connectivity index (χ1v) is 5.34. The van der Waals surface area contributed by atoms with Crippen molar-refractivity contribution < 1.29 is 14.2 Å². The fourth-order valence-corrected chi connectivity index (χ4v) is 1.88. The molecule has 2 fully saturated rings. The Balaban J connectivity index is 1.68. The lowest BCUT2D eigenvalue weighted by Crippen LogP contribution is -2.43. The van der Waals surface area contributed by atoms with Crippen molar-refractivity contribution >= 4 is 0 Å². The first-order valence-electron chi connectivity index (χ1n) is 5.34. The molecule has 2 atom stereocenters. The predicted molar refractivity (Wildman–Crippen MR) is 52.3 cm³/mol. The van der Waals surface area contributed by atoms with E-state index in [1.165, 1.54) is 0 Å². The highest BCUT2D eigenvalue weighted by molar-refractivity contribution is 4.79. The van der Waals surface area contributed by atoms with E-state index < -0.39 is 0 Å². The summed E-state index contributed by atoms with van der Waals surface area (Å²) in [6.45, 7) is 4.07. The molecule has 0 amide bonds. The summed E-state index contributed by atoms with van der Waals surface area (Å²) in [6.07, 6.45) is 1.48. The zero-order valence-electron chi connectivity index (χ0n) is 8.70. The van der Waals surface area contributed by atoms with Crippen LogP contribution in [0.1, 0.15) is 6.42 Å². The van der Waals surface area contributed by atoms with Gasteiger partial charge in [0.2, 0.25) is 0 Å². The minimum atomic E-state index is 0.327. The maximum Gasteiger partial charge on any atom is 0.104 e. The van der Waals surface area contributed by atoms with Crippen LogP contribution in [0, 0.1) is 5.92 Å². The molecule has 2 unspecified atom stereocenters. The highest BCUT2D eigenvalue weighted by Gasteiger charge is 2.27. The molecule has 0 radical (unpaired) electrons. The van der Waals surface area contributed by atoms with E-state index in [0.29, 0.717) is 18.1 Å². The molecule has 0 aromatic carbocycles. The molecule has 2 saturated heterocycles. The van der Waals surface area contributed by atoms with Gasteiger partial charge < -0.3 is 19.5 Å². The van der Waals surface area contributed by atoms with Crippen molar-refractivity contribution in [2.75, 3.05) is 40.1 Å². The number of rotatable bonds is 5. The minimum Gasteiger partial charge on any atom is -0.381 e. The van der Waals surface area contributed by atoms with Crippen molar-refractivity contribution in [1.29, 1.82) is 0 Å². The van der Waals surface area contributed by atoms with Gasteiger partial charge in [0.05, 0.1) is 26.4 Å². The lowest BCUT2D eigenvalue weighted by Gasteiger charge is -2.29. The average molecular weight is 201 g/mol. The fourth-order valence-electron chi connectivity index (χ4n) is 1.88. The van der Waals surface area contributed by atoms with E-state index in [0.717, 1.165) is 39.5 Å². The van der Waals surface area contributed by atoms with E-state index >= 15 is 0 Å². The quantitative estimate of drug-likeness (QED) is 0.681. The van der Waals surface area contributed by atoms with Crippen molar-refractivity contribution in [2.24, 2.45) is 5.92 Å². The standard InChI is InChI=1S/C10H19NO3/c1-11-10(8-2-3-12-4-8)7-14-9-5-13-6-9/h8-11H,2-7H2,1H3. The van der Waals surface area contributed by atoms with Crippen LogP contribution in [0.3, 0.4) is 0 Å². The van der Waals surface area contributed by atoms with Crippen molar-refractivity contribution in [1.82, 2.24) is 5.32 Å². The molecule has 0 bridgehead atoms. The van der Waals surface area contributed by atoms with E-state index in [1.54, 1.807) is 0 Å². The van der Waals surface area contributed by atoms with Crippen LogP contribution in [0.25, 0.3) is 0 Å². The summed E-state index contributed by atoms with van der Waals surface area (Å²) in [5, 5.41) is 3.30. The van der Waals surface area contributed by atoms with Gasteiger partial charge in [-0.2, -0.15) is 0 Å². The van der Waals surface area contributed by atoms with Crippen molar-refractivity contribution in [3.8, 4) is 0 Å². The van der Waals surface area contributed by atoms with E-state index in [9.17, 15) is 0 Å². The molecule has 0 spiro atoms. The topological polar surface area (TPSA) is 39.7 Å². The Hall–Kier alpha value is -0.160. The lowest BCUT2D eigenvalue weighted by molar-refractivity contribution is -0.134. The molecule has 2 rings (SSSR count). The van der Waals surface area contributed by atoms with Gasteiger partial charge >= 0.3 is 0 Å². The first-order chi connectivity index (χ1) is 6.90. The molecule has 2 aliphatic heterocycles.